The van der Waals surface area contributed by atoms with E-state index in [1.807, 2.05) is 66.0 Å². The Morgan fingerprint density at radius 3 is 1.92 bits per heavy atom. The fraction of sp³-hybridized carbons (Fsp3) is 0.211. The monoisotopic (exact) mass is 340 g/mol. The van der Waals surface area contributed by atoms with Gasteiger partial charge in [0.1, 0.15) is 0 Å². The Morgan fingerprint density at radius 2 is 1.44 bits per heavy atom. The number of imide groups is 1. The van der Waals surface area contributed by atoms with Crippen LogP contribution in [0.2, 0.25) is 0 Å². The van der Waals surface area contributed by atoms with Gasteiger partial charge in [-0.05, 0) is 11.1 Å². The fourth-order valence-corrected chi connectivity index (χ4v) is 2.40. The zero-order valence-electron chi connectivity index (χ0n) is 13.9. The van der Waals surface area contributed by atoms with Crippen LogP contribution in [0.3, 0.4) is 0 Å². The number of nitrogens with one attached hydrogen (secondary N) is 2. The lowest BCUT2D eigenvalue weighted by atomic mass is 9.89. The molecule has 2 aromatic carbocycles. The Morgan fingerprint density at radius 1 is 0.920 bits per heavy atom. The minimum absolute atomic E-state index is 0.0985. The van der Waals surface area contributed by atoms with Crippen molar-refractivity contribution in [1.29, 1.82) is 0 Å². The van der Waals surface area contributed by atoms with Gasteiger partial charge < -0.3 is 10.1 Å². The van der Waals surface area contributed by atoms with Crippen molar-refractivity contribution in [2.45, 2.75) is 12.3 Å². The van der Waals surface area contributed by atoms with Crippen LogP contribution in [0.5, 0.6) is 0 Å². The van der Waals surface area contributed by atoms with Crippen LogP contribution in [0.4, 0.5) is 4.79 Å². The molecule has 0 spiro atoms. The van der Waals surface area contributed by atoms with Gasteiger partial charge in [0, 0.05) is 13.0 Å². The Labute approximate surface area is 146 Å². The third-order valence-electron chi connectivity index (χ3n) is 3.62. The topological polar surface area (TPSA) is 84.5 Å². The predicted molar refractivity (Wildman–Crippen MR) is 92.9 cm³/mol. The summed E-state index contributed by atoms with van der Waals surface area (Å²) in [6.45, 7) is -0.497. The molecule has 0 aliphatic carbocycles. The smallest absolute Gasteiger partial charge is 0.321 e. The standard InChI is InChI=1S/C19H20N2O4/c1-20-19(24)21-17(22)13-25-18(23)12-16(14-8-4-2-5-9-14)15-10-6-3-7-11-15/h2-11,16H,12-13H2,1H3,(H2,20,21,22,24). The van der Waals surface area contributed by atoms with Crippen molar-refractivity contribution in [3.05, 3.63) is 71.8 Å². The summed E-state index contributed by atoms with van der Waals surface area (Å²) in [5.41, 5.74) is 1.97. The minimum atomic E-state index is -0.677. The second-order valence-electron chi connectivity index (χ2n) is 5.37. The first kappa shape index (κ1) is 18.2. The number of esters is 1. The molecular weight excluding hydrogens is 320 g/mol. The molecule has 0 atom stereocenters. The maximum atomic E-state index is 12.2. The molecule has 25 heavy (non-hydrogen) atoms. The normalized spacial score (nSPS) is 10.2. The molecule has 0 saturated heterocycles. The molecule has 0 aromatic heterocycles. The number of ether oxygens (including phenoxy) is 1. The number of carbonyl (C=O) groups is 3. The van der Waals surface area contributed by atoms with Crippen LogP contribution in [0.15, 0.2) is 60.7 Å². The molecule has 0 radical (unpaired) electrons. The SMILES string of the molecule is CNC(=O)NC(=O)COC(=O)CC(c1ccccc1)c1ccccc1. The Kier molecular flexibility index (Phi) is 6.71. The number of carbonyl (C=O) groups excluding carboxylic acids is 3. The first-order chi connectivity index (χ1) is 12.1. The molecule has 2 rings (SSSR count). The van der Waals surface area contributed by atoms with E-state index in [-0.39, 0.29) is 12.3 Å². The van der Waals surface area contributed by atoms with Crippen LogP contribution in [-0.4, -0.2) is 31.6 Å². The van der Waals surface area contributed by atoms with E-state index in [4.69, 9.17) is 4.74 Å². The van der Waals surface area contributed by atoms with Crippen LogP contribution in [0.1, 0.15) is 23.5 Å². The number of hydrogen-bond donors (Lipinski definition) is 2. The van der Waals surface area contributed by atoms with E-state index in [0.717, 1.165) is 11.1 Å². The van der Waals surface area contributed by atoms with Gasteiger partial charge in [-0.3, -0.25) is 14.9 Å². The molecule has 2 aromatic rings. The summed E-state index contributed by atoms with van der Waals surface area (Å²) < 4.78 is 4.99. The Hall–Kier alpha value is -3.15. The fourth-order valence-electron chi connectivity index (χ4n) is 2.40. The highest BCUT2D eigenvalue weighted by Crippen LogP contribution is 2.28. The van der Waals surface area contributed by atoms with Crippen LogP contribution < -0.4 is 10.6 Å². The summed E-state index contributed by atoms with van der Waals surface area (Å²) in [5, 5.41) is 4.28. The van der Waals surface area contributed by atoms with E-state index < -0.39 is 24.5 Å². The van der Waals surface area contributed by atoms with Gasteiger partial charge in [0.25, 0.3) is 5.91 Å². The van der Waals surface area contributed by atoms with Crippen molar-refractivity contribution in [3.8, 4) is 0 Å². The van der Waals surface area contributed by atoms with E-state index in [1.165, 1.54) is 7.05 Å². The molecule has 0 bridgehead atoms. The average Bonchev–Trinajstić information content (AvgIpc) is 2.65. The lowest BCUT2D eigenvalue weighted by Gasteiger charge is -2.17. The molecule has 0 saturated carbocycles. The van der Waals surface area contributed by atoms with Crippen LogP contribution in [0, 0.1) is 0 Å². The molecule has 0 aliphatic heterocycles. The van der Waals surface area contributed by atoms with Gasteiger partial charge in [0.05, 0.1) is 6.42 Å². The second-order valence-corrected chi connectivity index (χ2v) is 5.37. The summed E-state index contributed by atoms with van der Waals surface area (Å²) in [7, 11) is 1.39. The number of amides is 3. The number of hydrogen-bond acceptors (Lipinski definition) is 4. The largest absolute Gasteiger partial charge is 0.456 e. The summed E-state index contributed by atoms with van der Waals surface area (Å²) in [4.78, 5) is 34.7. The highest BCUT2D eigenvalue weighted by molar-refractivity contribution is 5.95. The van der Waals surface area contributed by atoms with Crippen molar-refractivity contribution in [1.82, 2.24) is 10.6 Å². The summed E-state index contributed by atoms with van der Waals surface area (Å²) in [5.74, 6) is -1.36. The van der Waals surface area contributed by atoms with Crippen molar-refractivity contribution < 1.29 is 19.1 Å². The molecule has 3 amide bonds. The second kappa shape index (κ2) is 9.22. The molecule has 0 aliphatic rings. The number of benzene rings is 2. The first-order valence-electron chi connectivity index (χ1n) is 7.87. The molecule has 6 heteroatoms. The number of rotatable bonds is 6. The van der Waals surface area contributed by atoms with E-state index in [9.17, 15) is 14.4 Å². The highest BCUT2D eigenvalue weighted by atomic mass is 16.5. The maximum Gasteiger partial charge on any atom is 0.321 e. The zero-order valence-corrected chi connectivity index (χ0v) is 13.9. The van der Waals surface area contributed by atoms with E-state index in [1.54, 1.807) is 0 Å². The lowest BCUT2D eigenvalue weighted by Crippen LogP contribution is -2.39. The zero-order chi connectivity index (χ0) is 18.1. The molecule has 0 heterocycles. The Bertz CT molecular complexity index is 677. The van der Waals surface area contributed by atoms with Crippen LogP contribution >= 0.6 is 0 Å². The van der Waals surface area contributed by atoms with Gasteiger partial charge in [-0.25, -0.2) is 4.79 Å². The molecule has 2 N–H and O–H groups in total. The Balaban J connectivity index is 2.01. The molecule has 0 unspecified atom stereocenters. The third-order valence-corrected chi connectivity index (χ3v) is 3.62. The predicted octanol–water partition coefficient (Wildman–Crippen LogP) is 2.21. The van der Waals surface area contributed by atoms with Crippen LogP contribution in [-0.2, 0) is 14.3 Å². The van der Waals surface area contributed by atoms with Gasteiger partial charge in [-0.1, -0.05) is 60.7 Å². The first-order valence-corrected chi connectivity index (χ1v) is 7.87. The van der Waals surface area contributed by atoms with Gasteiger partial charge in [0.15, 0.2) is 6.61 Å². The molecule has 6 nitrogen and oxygen atoms in total. The van der Waals surface area contributed by atoms with Crippen molar-refractivity contribution in [2.75, 3.05) is 13.7 Å². The minimum Gasteiger partial charge on any atom is -0.456 e. The van der Waals surface area contributed by atoms with Crippen LogP contribution in [0.25, 0.3) is 0 Å². The van der Waals surface area contributed by atoms with E-state index in [0.29, 0.717) is 0 Å². The quantitative estimate of drug-likeness (QED) is 0.790. The van der Waals surface area contributed by atoms with E-state index >= 15 is 0 Å². The number of urea groups is 1. The summed E-state index contributed by atoms with van der Waals surface area (Å²) >= 11 is 0. The average molecular weight is 340 g/mol. The van der Waals surface area contributed by atoms with Crippen molar-refractivity contribution in [3.63, 3.8) is 0 Å². The third kappa shape index (κ3) is 5.76. The van der Waals surface area contributed by atoms with Gasteiger partial charge in [-0.15, -0.1) is 0 Å². The van der Waals surface area contributed by atoms with Gasteiger partial charge in [0.2, 0.25) is 0 Å². The molecule has 0 fully saturated rings. The van der Waals surface area contributed by atoms with Gasteiger partial charge >= 0.3 is 12.0 Å². The van der Waals surface area contributed by atoms with Crippen molar-refractivity contribution in [2.24, 2.45) is 0 Å². The molecule has 130 valence electrons. The van der Waals surface area contributed by atoms with E-state index in [2.05, 4.69) is 5.32 Å². The highest BCUT2D eigenvalue weighted by Gasteiger charge is 2.19. The van der Waals surface area contributed by atoms with Gasteiger partial charge in [-0.2, -0.15) is 0 Å². The summed E-state index contributed by atoms with van der Waals surface area (Å²) in [6.07, 6.45) is 0.0985. The summed E-state index contributed by atoms with van der Waals surface area (Å²) in [6, 6.07) is 18.6. The van der Waals surface area contributed by atoms with Crippen molar-refractivity contribution >= 4 is 17.9 Å². The molecular formula is C19H20N2O4. The maximum absolute atomic E-state index is 12.2. The lowest BCUT2D eigenvalue weighted by molar-refractivity contribution is -0.148.